The quantitative estimate of drug-likeness (QED) is 0.695. The SMILES string of the molecule is COc1ccc(-c2ccc(CN=C(N)N(C)C)s2)cc1. The van der Waals surface area contributed by atoms with Crippen molar-refractivity contribution in [2.75, 3.05) is 21.2 Å². The van der Waals surface area contributed by atoms with Crippen LogP contribution in [0.5, 0.6) is 5.75 Å². The zero-order valence-corrected chi connectivity index (χ0v) is 12.8. The summed E-state index contributed by atoms with van der Waals surface area (Å²) < 4.78 is 5.16. The Bertz CT molecular complexity index is 587. The Kier molecular flexibility index (Phi) is 4.63. The van der Waals surface area contributed by atoms with Crippen molar-refractivity contribution in [3.8, 4) is 16.2 Å². The lowest BCUT2D eigenvalue weighted by atomic mass is 10.2. The molecule has 106 valence electrons. The number of ether oxygens (including phenoxy) is 1. The van der Waals surface area contributed by atoms with Crippen molar-refractivity contribution in [1.82, 2.24) is 4.90 Å². The smallest absolute Gasteiger partial charge is 0.191 e. The lowest BCUT2D eigenvalue weighted by Gasteiger charge is -2.09. The van der Waals surface area contributed by atoms with E-state index in [4.69, 9.17) is 10.5 Å². The molecule has 0 aliphatic heterocycles. The van der Waals surface area contributed by atoms with E-state index < -0.39 is 0 Å². The van der Waals surface area contributed by atoms with Gasteiger partial charge >= 0.3 is 0 Å². The minimum atomic E-state index is 0.546. The highest BCUT2D eigenvalue weighted by Crippen LogP contribution is 2.29. The van der Waals surface area contributed by atoms with E-state index in [0.29, 0.717) is 12.5 Å². The predicted molar refractivity (Wildman–Crippen MR) is 85.3 cm³/mol. The standard InChI is InChI=1S/C15H19N3OS/c1-18(2)15(16)17-10-13-8-9-14(20-13)11-4-6-12(19-3)7-5-11/h4-9H,10H2,1-3H3,(H2,16,17). The van der Waals surface area contributed by atoms with E-state index in [1.165, 1.54) is 15.3 Å². The molecular formula is C15H19N3OS. The van der Waals surface area contributed by atoms with Crippen LogP contribution < -0.4 is 10.5 Å². The zero-order valence-electron chi connectivity index (χ0n) is 12.0. The molecule has 0 atom stereocenters. The maximum Gasteiger partial charge on any atom is 0.191 e. The minimum Gasteiger partial charge on any atom is -0.497 e. The first kappa shape index (κ1) is 14.4. The molecule has 1 aromatic heterocycles. The van der Waals surface area contributed by atoms with Crippen molar-refractivity contribution < 1.29 is 4.74 Å². The summed E-state index contributed by atoms with van der Waals surface area (Å²) in [5.41, 5.74) is 6.97. The second-order valence-corrected chi connectivity index (χ2v) is 5.73. The van der Waals surface area contributed by atoms with Crippen LogP contribution in [-0.4, -0.2) is 32.1 Å². The van der Waals surface area contributed by atoms with Gasteiger partial charge in [-0.15, -0.1) is 11.3 Å². The van der Waals surface area contributed by atoms with E-state index in [9.17, 15) is 0 Å². The van der Waals surface area contributed by atoms with Gasteiger partial charge in [-0.2, -0.15) is 0 Å². The molecule has 0 bridgehead atoms. The Morgan fingerprint density at radius 3 is 2.50 bits per heavy atom. The molecule has 0 saturated carbocycles. The summed E-state index contributed by atoms with van der Waals surface area (Å²) in [6, 6.07) is 12.3. The molecule has 0 aliphatic carbocycles. The van der Waals surface area contributed by atoms with Gasteiger partial charge in [0, 0.05) is 23.8 Å². The number of methoxy groups -OCH3 is 1. The number of nitrogens with zero attached hydrogens (tertiary/aromatic N) is 2. The van der Waals surface area contributed by atoms with Crippen LogP contribution in [0.3, 0.4) is 0 Å². The normalized spacial score (nSPS) is 11.4. The maximum atomic E-state index is 5.78. The minimum absolute atomic E-state index is 0.546. The molecule has 1 aromatic carbocycles. The lowest BCUT2D eigenvalue weighted by Crippen LogP contribution is -2.30. The van der Waals surface area contributed by atoms with Gasteiger partial charge in [0.1, 0.15) is 5.75 Å². The molecule has 0 aliphatic rings. The number of hydrogen-bond acceptors (Lipinski definition) is 3. The van der Waals surface area contributed by atoms with Crippen molar-refractivity contribution in [2.45, 2.75) is 6.54 Å². The fourth-order valence-corrected chi connectivity index (χ4v) is 2.61. The van der Waals surface area contributed by atoms with E-state index >= 15 is 0 Å². The zero-order chi connectivity index (χ0) is 14.5. The van der Waals surface area contributed by atoms with E-state index in [0.717, 1.165) is 5.75 Å². The van der Waals surface area contributed by atoms with Gasteiger partial charge in [0.25, 0.3) is 0 Å². The van der Waals surface area contributed by atoms with Gasteiger partial charge in [-0.05, 0) is 42.0 Å². The molecule has 2 N–H and O–H groups in total. The fraction of sp³-hybridized carbons (Fsp3) is 0.267. The highest BCUT2D eigenvalue weighted by Gasteiger charge is 2.03. The Balaban J connectivity index is 2.10. The summed E-state index contributed by atoms with van der Waals surface area (Å²) in [6.45, 7) is 0.616. The average molecular weight is 289 g/mol. The molecule has 5 heteroatoms. The predicted octanol–water partition coefficient (Wildman–Crippen LogP) is 2.80. The van der Waals surface area contributed by atoms with E-state index in [1.807, 2.05) is 26.2 Å². The van der Waals surface area contributed by atoms with Gasteiger partial charge < -0.3 is 15.4 Å². The molecule has 0 fully saturated rings. The Hall–Kier alpha value is -2.01. The number of aliphatic imine (C=N–C) groups is 1. The van der Waals surface area contributed by atoms with Crippen LogP contribution in [0.4, 0.5) is 0 Å². The third-order valence-electron chi connectivity index (χ3n) is 2.89. The maximum absolute atomic E-state index is 5.78. The van der Waals surface area contributed by atoms with E-state index in [2.05, 4.69) is 29.3 Å². The van der Waals surface area contributed by atoms with Gasteiger partial charge in [-0.1, -0.05) is 0 Å². The van der Waals surface area contributed by atoms with Crippen LogP contribution in [0.15, 0.2) is 41.4 Å². The molecule has 0 radical (unpaired) electrons. The second-order valence-electron chi connectivity index (χ2n) is 4.56. The third kappa shape index (κ3) is 3.51. The summed E-state index contributed by atoms with van der Waals surface area (Å²) in [7, 11) is 5.44. The van der Waals surface area contributed by atoms with Crippen molar-refractivity contribution in [3.63, 3.8) is 0 Å². The largest absolute Gasteiger partial charge is 0.497 e. The molecule has 4 nitrogen and oxygen atoms in total. The Morgan fingerprint density at radius 1 is 1.20 bits per heavy atom. The van der Waals surface area contributed by atoms with Crippen LogP contribution >= 0.6 is 11.3 Å². The number of thiophene rings is 1. The highest BCUT2D eigenvalue weighted by molar-refractivity contribution is 7.15. The second kappa shape index (κ2) is 6.43. The fourth-order valence-electron chi connectivity index (χ4n) is 1.67. The molecule has 0 saturated heterocycles. The molecule has 0 spiro atoms. The number of nitrogens with two attached hydrogens (primary N) is 1. The first-order valence-electron chi connectivity index (χ1n) is 6.30. The summed E-state index contributed by atoms with van der Waals surface area (Å²) in [5, 5.41) is 0. The third-order valence-corrected chi connectivity index (χ3v) is 4.01. The molecule has 1 heterocycles. The van der Waals surface area contributed by atoms with Gasteiger partial charge in [-0.25, -0.2) is 4.99 Å². The highest BCUT2D eigenvalue weighted by atomic mass is 32.1. The van der Waals surface area contributed by atoms with Crippen molar-refractivity contribution in [3.05, 3.63) is 41.3 Å². The first-order chi connectivity index (χ1) is 9.60. The number of guanidine groups is 1. The summed E-state index contributed by atoms with van der Waals surface area (Å²) in [5.74, 6) is 1.42. The van der Waals surface area contributed by atoms with Crippen LogP contribution in [0, 0.1) is 0 Å². The Labute approximate surface area is 123 Å². The van der Waals surface area contributed by atoms with Gasteiger partial charge in [0.15, 0.2) is 5.96 Å². The van der Waals surface area contributed by atoms with Crippen molar-refractivity contribution in [2.24, 2.45) is 10.7 Å². The van der Waals surface area contributed by atoms with Crippen LogP contribution in [-0.2, 0) is 6.54 Å². The average Bonchev–Trinajstić information content (AvgIpc) is 2.93. The topological polar surface area (TPSA) is 50.9 Å². The number of benzene rings is 1. The van der Waals surface area contributed by atoms with Crippen molar-refractivity contribution >= 4 is 17.3 Å². The number of rotatable bonds is 4. The van der Waals surface area contributed by atoms with E-state index in [-0.39, 0.29) is 0 Å². The van der Waals surface area contributed by atoms with Crippen LogP contribution in [0.1, 0.15) is 4.88 Å². The first-order valence-corrected chi connectivity index (χ1v) is 7.12. The van der Waals surface area contributed by atoms with E-state index in [1.54, 1.807) is 23.3 Å². The number of hydrogen-bond donors (Lipinski definition) is 1. The molecular weight excluding hydrogens is 270 g/mol. The summed E-state index contributed by atoms with van der Waals surface area (Å²) in [4.78, 5) is 8.56. The Morgan fingerprint density at radius 2 is 1.90 bits per heavy atom. The molecule has 0 amide bonds. The summed E-state index contributed by atoms with van der Waals surface area (Å²) in [6.07, 6.45) is 0. The monoisotopic (exact) mass is 289 g/mol. The van der Waals surface area contributed by atoms with Crippen LogP contribution in [0.25, 0.3) is 10.4 Å². The molecule has 2 rings (SSSR count). The van der Waals surface area contributed by atoms with Gasteiger partial charge in [0.2, 0.25) is 0 Å². The molecule has 2 aromatic rings. The lowest BCUT2D eigenvalue weighted by molar-refractivity contribution is 0.415. The molecule has 20 heavy (non-hydrogen) atoms. The molecule has 0 unspecified atom stereocenters. The van der Waals surface area contributed by atoms with Gasteiger partial charge in [-0.3, -0.25) is 0 Å². The van der Waals surface area contributed by atoms with Crippen LogP contribution in [0.2, 0.25) is 0 Å². The van der Waals surface area contributed by atoms with Gasteiger partial charge in [0.05, 0.1) is 13.7 Å². The van der Waals surface area contributed by atoms with Crippen molar-refractivity contribution in [1.29, 1.82) is 0 Å². The summed E-state index contributed by atoms with van der Waals surface area (Å²) >= 11 is 1.73.